The Kier molecular flexibility index (Phi) is 4.68. The number of amides is 1. The highest BCUT2D eigenvalue weighted by molar-refractivity contribution is 9.10. The lowest BCUT2D eigenvalue weighted by atomic mass is 10.2. The molecule has 1 amide bonds. The zero-order valence-corrected chi connectivity index (χ0v) is 13.6. The molecule has 3 rings (SSSR count). The lowest BCUT2D eigenvalue weighted by Crippen LogP contribution is -2.33. The highest BCUT2D eigenvalue weighted by Gasteiger charge is 2.19. The first-order valence-electron chi connectivity index (χ1n) is 7.37. The Morgan fingerprint density at radius 1 is 1.18 bits per heavy atom. The summed E-state index contributed by atoms with van der Waals surface area (Å²) in [6, 6.07) is 9.70. The first-order chi connectivity index (χ1) is 10.7. The van der Waals surface area contributed by atoms with Crippen molar-refractivity contribution in [2.24, 2.45) is 0 Å². The summed E-state index contributed by atoms with van der Waals surface area (Å²) in [7, 11) is 0. The molecule has 0 bridgehead atoms. The predicted molar refractivity (Wildman–Crippen MR) is 89.2 cm³/mol. The van der Waals surface area contributed by atoms with Crippen LogP contribution in [0.1, 0.15) is 36.2 Å². The molecule has 22 heavy (non-hydrogen) atoms. The highest BCUT2D eigenvalue weighted by atomic mass is 79.9. The maximum absolute atomic E-state index is 12.2. The summed E-state index contributed by atoms with van der Waals surface area (Å²) in [5.41, 5.74) is 1.28. The number of nitrogens with one attached hydrogen (secondary N) is 2. The van der Waals surface area contributed by atoms with Gasteiger partial charge >= 0.3 is 0 Å². The Balaban J connectivity index is 1.72. The van der Waals surface area contributed by atoms with Crippen LogP contribution in [0.3, 0.4) is 0 Å². The van der Waals surface area contributed by atoms with Crippen molar-refractivity contribution in [2.45, 2.75) is 31.7 Å². The van der Waals surface area contributed by atoms with Gasteiger partial charge in [-0.1, -0.05) is 25.0 Å². The lowest BCUT2D eigenvalue weighted by Gasteiger charge is -2.12. The molecule has 0 radical (unpaired) electrons. The minimum absolute atomic E-state index is 0.135. The third-order valence-electron chi connectivity index (χ3n) is 3.73. The van der Waals surface area contributed by atoms with Gasteiger partial charge in [0.2, 0.25) is 0 Å². The molecule has 1 heterocycles. The third-order valence-corrected chi connectivity index (χ3v) is 4.42. The summed E-state index contributed by atoms with van der Waals surface area (Å²) in [6.45, 7) is 0. The third kappa shape index (κ3) is 3.62. The minimum Gasteiger partial charge on any atom is -0.348 e. The number of benzene rings is 1. The zero-order valence-electron chi connectivity index (χ0n) is 12.1. The van der Waals surface area contributed by atoms with Crippen LogP contribution in [-0.4, -0.2) is 21.9 Å². The summed E-state index contributed by atoms with van der Waals surface area (Å²) in [4.78, 5) is 20.5. The molecular weight excluding hydrogens is 344 g/mol. The van der Waals surface area contributed by atoms with E-state index in [1.807, 2.05) is 24.3 Å². The maximum atomic E-state index is 12.2. The van der Waals surface area contributed by atoms with Crippen LogP contribution in [0.25, 0.3) is 0 Å². The van der Waals surface area contributed by atoms with Gasteiger partial charge in [-0.3, -0.25) is 4.79 Å². The largest absolute Gasteiger partial charge is 0.348 e. The quantitative estimate of drug-likeness (QED) is 0.872. The van der Waals surface area contributed by atoms with Gasteiger partial charge in [-0.25, -0.2) is 9.97 Å². The van der Waals surface area contributed by atoms with Crippen LogP contribution in [-0.2, 0) is 0 Å². The minimum atomic E-state index is -0.135. The van der Waals surface area contributed by atoms with Crippen LogP contribution in [0.2, 0.25) is 0 Å². The topological polar surface area (TPSA) is 66.9 Å². The Morgan fingerprint density at radius 2 is 1.95 bits per heavy atom. The Morgan fingerprint density at radius 3 is 2.73 bits per heavy atom. The van der Waals surface area contributed by atoms with E-state index in [0.717, 1.165) is 23.0 Å². The number of hydrogen-bond acceptors (Lipinski definition) is 4. The van der Waals surface area contributed by atoms with Crippen molar-refractivity contribution in [1.29, 1.82) is 0 Å². The number of halogens is 1. The number of aromatic nitrogens is 2. The van der Waals surface area contributed by atoms with Gasteiger partial charge in [-0.15, -0.1) is 0 Å². The van der Waals surface area contributed by atoms with Crippen LogP contribution in [0.4, 0.5) is 11.5 Å². The Hall–Kier alpha value is -1.95. The molecule has 1 fully saturated rings. The average Bonchev–Trinajstić information content (AvgIpc) is 3.03. The molecule has 2 aromatic rings. The van der Waals surface area contributed by atoms with Crippen molar-refractivity contribution < 1.29 is 4.79 Å². The molecule has 0 unspecified atom stereocenters. The number of carbonyl (C=O) groups excluding carboxylic acids is 1. The van der Waals surface area contributed by atoms with Gasteiger partial charge < -0.3 is 10.6 Å². The lowest BCUT2D eigenvalue weighted by molar-refractivity contribution is 0.0932. The van der Waals surface area contributed by atoms with Gasteiger partial charge in [-0.2, -0.15) is 0 Å². The molecule has 1 aliphatic carbocycles. The molecule has 1 saturated carbocycles. The molecule has 114 valence electrons. The molecule has 1 aliphatic rings. The van der Waals surface area contributed by atoms with Crippen molar-refractivity contribution in [3.63, 3.8) is 0 Å². The van der Waals surface area contributed by atoms with E-state index >= 15 is 0 Å². The van der Waals surface area contributed by atoms with Crippen LogP contribution in [0.5, 0.6) is 0 Å². The van der Waals surface area contributed by atoms with Gasteiger partial charge in [0.1, 0.15) is 17.8 Å². The molecule has 2 N–H and O–H groups in total. The smallest absolute Gasteiger partial charge is 0.270 e. The highest BCUT2D eigenvalue weighted by Crippen LogP contribution is 2.24. The molecule has 0 aliphatic heterocycles. The van der Waals surface area contributed by atoms with E-state index in [1.165, 1.54) is 19.2 Å². The van der Waals surface area contributed by atoms with E-state index < -0.39 is 0 Å². The van der Waals surface area contributed by atoms with Gasteiger partial charge in [-0.05, 0) is 40.9 Å². The molecule has 0 spiro atoms. The van der Waals surface area contributed by atoms with Crippen LogP contribution in [0.15, 0.2) is 41.1 Å². The van der Waals surface area contributed by atoms with Crippen molar-refractivity contribution in [3.05, 3.63) is 46.8 Å². The van der Waals surface area contributed by atoms with Crippen LogP contribution >= 0.6 is 15.9 Å². The molecule has 6 heteroatoms. The van der Waals surface area contributed by atoms with Gasteiger partial charge in [0, 0.05) is 16.6 Å². The monoisotopic (exact) mass is 360 g/mol. The number of carbonyl (C=O) groups is 1. The van der Waals surface area contributed by atoms with Crippen molar-refractivity contribution >= 4 is 33.3 Å². The molecule has 1 aromatic heterocycles. The molecule has 0 saturated heterocycles. The number of anilines is 2. The van der Waals surface area contributed by atoms with Gasteiger partial charge in [0.05, 0.1) is 5.69 Å². The first-order valence-corrected chi connectivity index (χ1v) is 8.16. The molecular formula is C16H17BrN4O. The molecule has 5 nitrogen and oxygen atoms in total. The summed E-state index contributed by atoms with van der Waals surface area (Å²) >= 11 is 3.47. The van der Waals surface area contributed by atoms with E-state index in [4.69, 9.17) is 0 Å². The second kappa shape index (κ2) is 6.87. The number of hydrogen-bond donors (Lipinski definition) is 2. The second-order valence-corrected chi connectivity index (χ2v) is 6.20. The van der Waals surface area contributed by atoms with E-state index in [-0.39, 0.29) is 11.9 Å². The van der Waals surface area contributed by atoms with Gasteiger partial charge in [0.15, 0.2) is 0 Å². The fourth-order valence-electron chi connectivity index (χ4n) is 2.58. The Labute approximate surface area is 137 Å². The van der Waals surface area contributed by atoms with Crippen molar-refractivity contribution in [2.75, 3.05) is 5.32 Å². The van der Waals surface area contributed by atoms with Crippen LogP contribution < -0.4 is 10.6 Å². The fourth-order valence-corrected chi connectivity index (χ4v) is 2.96. The summed E-state index contributed by atoms with van der Waals surface area (Å²) < 4.78 is 0.936. The van der Waals surface area contributed by atoms with E-state index in [9.17, 15) is 4.79 Å². The summed E-state index contributed by atoms with van der Waals surface area (Å²) in [5, 5.41) is 6.21. The van der Waals surface area contributed by atoms with Crippen molar-refractivity contribution in [1.82, 2.24) is 15.3 Å². The second-order valence-electron chi connectivity index (χ2n) is 5.35. The van der Waals surface area contributed by atoms with E-state index in [2.05, 4.69) is 36.5 Å². The summed E-state index contributed by atoms with van der Waals surface area (Å²) in [5.74, 6) is 0.461. The summed E-state index contributed by atoms with van der Waals surface area (Å²) in [6.07, 6.45) is 5.88. The number of nitrogens with zero attached hydrogens (tertiary/aromatic N) is 2. The molecule has 1 aromatic carbocycles. The number of para-hydroxylation sites is 1. The maximum Gasteiger partial charge on any atom is 0.270 e. The molecule has 0 atom stereocenters. The predicted octanol–water partition coefficient (Wildman–Crippen LogP) is 3.66. The SMILES string of the molecule is O=C(NC1CCCC1)c1cc(Nc2ccccc2Br)ncn1. The standard InChI is InChI=1S/C16H17BrN4O/c17-12-7-3-4-8-13(12)21-15-9-14(18-10-19-15)16(22)20-11-5-1-2-6-11/h3-4,7-11H,1-2,5-6H2,(H,20,22)(H,18,19,21). The normalized spacial score (nSPS) is 14.8. The van der Waals surface area contributed by atoms with Crippen molar-refractivity contribution in [3.8, 4) is 0 Å². The fraction of sp³-hybridized carbons (Fsp3) is 0.312. The average molecular weight is 361 g/mol. The van der Waals surface area contributed by atoms with Crippen LogP contribution in [0, 0.1) is 0 Å². The van der Waals surface area contributed by atoms with E-state index in [0.29, 0.717) is 11.5 Å². The first kappa shape index (κ1) is 15.0. The Bertz CT molecular complexity index is 671. The van der Waals surface area contributed by atoms with E-state index in [1.54, 1.807) is 6.07 Å². The van der Waals surface area contributed by atoms with Gasteiger partial charge in [0.25, 0.3) is 5.91 Å². The number of rotatable bonds is 4. The zero-order chi connectivity index (χ0) is 15.4.